The Morgan fingerprint density at radius 2 is 1.79 bits per heavy atom. The normalized spacial score (nSPS) is 20.3. The molecule has 0 spiro atoms. The maximum atomic E-state index is 13.0. The zero-order chi connectivity index (χ0) is 16.1. The third-order valence-corrected chi connectivity index (χ3v) is 4.94. The number of rotatable bonds is 3. The molecule has 0 radical (unpaired) electrons. The number of carbonyl (C=O) groups excluding carboxylic acids is 1. The monoisotopic (exact) mass is 355 g/mol. The van der Waals surface area contributed by atoms with Crippen molar-refractivity contribution in [2.75, 3.05) is 45.8 Å². The molecular formula is C18H27ClFN3O. The molecular weight excluding hydrogens is 329 g/mol. The fourth-order valence-electron chi connectivity index (χ4n) is 3.56. The molecule has 2 saturated heterocycles. The quantitative estimate of drug-likeness (QED) is 0.904. The summed E-state index contributed by atoms with van der Waals surface area (Å²) in [4.78, 5) is 17.0. The Morgan fingerprint density at radius 3 is 2.50 bits per heavy atom. The lowest BCUT2D eigenvalue weighted by Gasteiger charge is -2.29. The number of nitrogens with zero attached hydrogens (tertiary/aromatic N) is 2. The molecule has 2 aliphatic rings. The van der Waals surface area contributed by atoms with Crippen LogP contribution in [0.5, 0.6) is 0 Å². The highest BCUT2D eigenvalue weighted by Crippen LogP contribution is 2.16. The van der Waals surface area contributed by atoms with Crippen LogP contribution in [0.2, 0.25) is 0 Å². The van der Waals surface area contributed by atoms with Crippen LogP contribution in [0.3, 0.4) is 0 Å². The first-order chi connectivity index (χ1) is 11.2. The molecule has 0 unspecified atom stereocenters. The standard InChI is InChI=1S/C18H26FN3O.ClH/c19-17-4-2-16(3-5-17)18(23)22-11-1-10-21(12-13-22)14-15-6-8-20-9-7-15;/h2-5,15,20H,1,6-14H2;1H. The molecule has 24 heavy (non-hydrogen) atoms. The fraction of sp³-hybridized carbons (Fsp3) is 0.611. The smallest absolute Gasteiger partial charge is 0.253 e. The largest absolute Gasteiger partial charge is 0.337 e. The number of amides is 1. The van der Waals surface area contributed by atoms with Crippen molar-refractivity contribution in [1.29, 1.82) is 0 Å². The molecule has 0 aromatic heterocycles. The highest BCUT2D eigenvalue weighted by atomic mass is 35.5. The van der Waals surface area contributed by atoms with Crippen molar-refractivity contribution in [3.8, 4) is 0 Å². The number of benzene rings is 1. The first kappa shape index (κ1) is 19.2. The minimum Gasteiger partial charge on any atom is -0.337 e. The minimum atomic E-state index is -0.300. The second kappa shape index (κ2) is 9.35. The van der Waals surface area contributed by atoms with E-state index in [9.17, 15) is 9.18 Å². The highest BCUT2D eigenvalue weighted by molar-refractivity contribution is 5.94. The van der Waals surface area contributed by atoms with Crippen LogP contribution in [0.1, 0.15) is 29.6 Å². The molecule has 0 saturated carbocycles. The Bertz CT molecular complexity index is 520. The van der Waals surface area contributed by atoms with Crippen molar-refractivity contribution < 1.29 is 9.18 Å². The van der Waals surface area contributed by atoms with Gasteiger partial charge in [-0.2, -0.15) is 0 Å². The number of nitrogens with one attached hydrogen (secondary N) is 1. The molecule has 0 aliphatic carbocycles. The maximum absolute atomic E-state index is 13.0. The van der Waals surface area contributed by atoms with Crippen molar-refractivity contribution in [3.05, 3.63) is 35.6 Å². The predicted molar refractivity (Wildman–Crippen MR) is 96.2 cm³/mol. The van der Waals surface area contributed by atoms with Crippen molar-refractivity contribution in [1.82, 2.24) is 15.1 Å². The number of hydrogen-bond acceptors (Lipinski definition) is 3. The van der Waals surface area contributed by atoms with Gasteiger partial charge in [-0.1, -0.05) is 0 Å². The summed E-state index contributed by atoms with van der Waals surface area (Å²) in [6.07, 6.45) is 3.53. The first-order valence-electron chi connectivity index (χ1n) is 8.70. The van der Waals surface area contributed by atoms with E-state index in [0.29, 0.717) is 5.56 Å². The summed E-state index contributed by atoms with van der Waals surface area (Å²) in [5.41, 5.74) is 0.582. The van der Waals surface area contributed by atoms with Gasteiger partial charge >= 0.3 is 0 Å². The summed E-state index contributed by atoms with van der Waals surface area (Å²) in [6.45, 7) is 6.98. The van der Waals surface area contributed by atoms with E-state index in [2.05, 4.69) is 10.2 Å². The summed E-state index contributed by atoms with van der Waals surface area (Å²) in [5, 5.41) is 3.41. The zero-order valence-corrected chi connectivity index (χ0v) is 14.9. The average Bonchev–Trinajstić information content (AvgIpc) is 2.81. The topological polar surface area (TPSA) is 35.6 Å². The van der Waals surface area contributed by atoms with E-state index in [-0.39, 0.29) is 24.1 Å². The summed E-state index contributed by atoms with van der Waals surface area (Å²) in [7, 11) is 0. The Labute approximate surface area is 149 Å². The number of halogens is 2. The highest BCUT2D eigenvalue weighted by Gasteiger charge is 2.22. The lowest BCUT2D eigenvalue weighted by atomic mass is 9.97. The second-order valence-electron chi connectivity index (χ2n) is 6.65. The molecule has 0 atom stereocenters. The molecule has 2 heterocycles. The van der Waals surface area contributed by atoms with E-state index in [1.165, 1.54) is 25.0 Å². The molecule has 6 heteroatoms. The Kier molecular flexibility index (Phi) is 7.46. The van der Waals surface area contributed by atoms with Crippen molar-refractivity contribution in [2.45, 2.75) is 19.3 Å². The Hall–Kier alpha value is -1.17. The molecule has 134 valence electrons. The summed E-state index contributed by atoms with van der Waals surface area (Å²) in [5.74, 6) is 0.509. The van der Waals surface area contributed by atoms with Crippen LogP contribution >= 0.6 is 12.4 Å². The van der Waals surface area contributed by atoms with Crippen LogP contribution in [0.25, 0.3) is 0 Å². The first-order valence-corrected chi connectivity index (χ1v) is 8.70. The molecule has 1 N–H and O–H groups in total. The third-order valence-electron chi connectivity index (χ3n) is 4.94. The fourth-order valence-corrected chi connectivity index (χ4v) is 3.56. The van der Waals surface area contributed by atoms with E-state index in [4.69, 9.17) is 0 Å². The van der Waals surface area contributed by atoms with Crippen LogP contribution in [0, 0.1) is 11.7 Å². The summed E-state index contributed by atoms with van der Waals surface area (Å²) in [6, 6.07) is 5.87. The molecule has 2 aliphatic heterocycles. The van der Waals surface area contributed by atoms with Crippen molar-refractivity contribution in [2.24, 2.45) is 5.92 Å². The van der Waals surface area contributed by atoms with Gasteiger partial charge in [0.15, 0.2) is 0 Å². The lowest BCUT2D eigenvalue weighted by molar-refractivity contribution is 0.0760. The molecule has 2 fully saturated rings. The third kappa shape index (κ3) is 5.16. The van der Waals surface area contributed by atoms with Crippen LogP contribution in [-0.2, 0) is 0 Å². The minimum absolute atomic E-state index is 0. The molecule has 1 aromatic carbocycles. The van der Waals surface area contributed by atoms with E-state index in [1.54, 1.807) is 12.1 Å². The van der Waals surface area contributed by atoms with Crippen molar-refractivity contribution in [3.63, 3.8) is 0 Å². The van der Waals surface area contributed by atoms with Gasteiger partial charge < -0.3 is 15.1 Å². The number of hydrogen-bond donors (Lipinski definition) is 1. The van der Waals surface area contributed by atoms with Crippen LogP contribution in [0.4, 0.5) is 4.39 Å². The van der Waals surface area contributed by atoms with Crippen LogP contribution < -0.4 is 5.32 Å². The molecule has 0 bridgehead atoms. The summed E-state index contributed by atoms with van der Waals surface area (Å²) >= 11 is 0. The molecule has 1 aromatic rings. The molecule has 1 amide bonds. The van der Waals surface area contributed by atoms with Gasteiger partial charge in [0.25, 0.3) is 5.91 Å². The zero-order valence-electron chi connectivity index (χ0n) is 14.0. The van der Waals surface area contributed by atoms with E-state index in [1.807, 2.05) is 4.90 Å². The average molecular weight is 356 g/mol. The predicted octanol–water partition coefficient (Wildman–Crippen LogP) is 2.40. The van der Waals surface area contributed by atoms with E-state index < -0.39 is 0 Å². The maximum Gasteiger partial charge on any atom is 0.253 e. The molecule has 4 nitrogen and oxygen atoms in total. The van der Waals surface area contributed by atoms with Gasteiger partial charge in [-0.25, -0.2) is 4.39 Å². The van der Waals surface area contributed by atoms with Gasteiger partial charge in [0.1, 0.15) is 5.82 Å². The van der Waals surface area contributed by atoms with E-state index in [0.717, 1.165) is 58.2 Å². The number of piperidine rings is 1. The van der Waals surface area contributed by atoms with Gasteiger partial charge in [0, 0.05) is 31.7 Å². The van der Waals surface area contributed by atoms with Gasteiger partial charge in [-0.15, -0.1) is 12.4 Å². The van der Waals surface area contributed by atoms with Crippen LogP contribution in [0.15, 0.2) is 24.3 Å². The van der Waals surface area contributed by atoms with Gasteiger partial charge in [0.2, 0.25) is 0 Å². The van der Waals surface area contributed by atoms with Gasteiger partial charge in [0.05, 0.1) is 0 Å². The Morgan fingerprint density at radius 1 is 1.08 bits per heavy atom. The van der Waals surface area contributed by atoms with Gasteiger partial charge in [-0.3, -0.25) is 4.79 Å². The van der Waals surface area contributed by atoms with E-state index >= 15 is 0 Å². The van der Waals surface area contributed by atoms with Crippen molar-refractivity contribution >= 4 is 18.3 Å². The SMILES string of the molecule is Cl.O=C(c1ccc(F)cc1)N1CCCN(CC2CCNCC2)CC1. The number of carbonyl (C=O) groups is 1. The van der Waals surface area contributed by atoms with Gasteiger partial charge in [-0.05, 0) is 69.1 Å². The second-order valence-corrected chi connectivity index (χ2v) is 6.65. The van der Waals surface area contributed by atoms with Crippen LogP contribution in [-0.4, -0.2) is 61.5 Å². The summed E-state index contributed by atoms with van der Waals surface area (Å²) < 4.78 is 13.0. The molecule has 3 rings (SSSR count). The Balaban J connectivity index is 0.00000208. The lowest BCUT2D eigenvalue weighted by Crippen LogP contribution is -2.39.